The van der Waals surface area contributed by atoms with E-state index in [1.165, 1.54) is 0 Å². The number of carbonyl (C=O) groups excluding carboxylic acids is 1. The highest BCUT2D eigenvalue weighted by Gasteiger charge is 2.23. The van der Waals surface area contributed by atoms with Gasteiger partial charge in [-0.1, -0.05) is 0 Å². The summed E-state index contributed by atoms with van der Waals surface area (Å²) in [6.07, 6.45) is -0.391. The number of halogens is 5. The zero-order valence-electron chi connectivity index (χ0n) is 13.3. The Balaban J connectivity index is 2.34. The smallest absolute Gasteiger partial charge is 0.277 e. The van der Waals surface area contributed by atoms with E-state index < -0.39 is 48.4 Å². The molecule has 0 bridgehead atoms. The summed E-state index contributed by atoms with van der Waals surface area (Å²) >= 11 is 5.82. The normalized spacial score (nSPS) is 12.0. The number of aliphatic hydroxyl groups excluding tert-OH is 2. The van der Waals surface area contributed by atoms with Gasteiger partial charge < -0.3 is 15.5 Å². The summed E-state index contributed by atoms with van der Waals surface area (Å²) in [7, 11) is 0. The summed E-state index contributed by atoms with van der Waals surface area (Å²) in [6, 6.07) is 2.04. The molecule has 0 aliphatic rings. The van der Waals surface area contributed by atoms with Crippen LogP contribution in [0.5, 0.6) is 0 Å². The van der Waals surface area contributed by atoms with Crippen molar-refractivity contribution >= 4 is 49.3 Å². The number of aliphatic hydroxyl groups is 2. The van der Waals surface area contributed by atoms with Crippen LogP contribution < -0.4 is 10.8 Å². The Bertz CT molecular complexity index is 858. The summed E-state index contributed by atoms with van der Waals surface area (Å²) in [5.74, 6) is -4.35. The second-order valence-electron chi connectivity index (χ2n) is 5.10. The number of hydrogen-bond donors (Lipinski definition) is 4. The second kappa shape index (κ2) is 9.46. The van der Waals surface area contributed by atoms with E-state index in [1.54, 1.807) is 0 Å². The standard InChI is InChI=1S/C15H12Br2F3N3O4/c16-9-2-8(15(26)23-27-5-7(25)4-24)13(12(20)11(9)19)22-14-10(17)1-6(18)3-21-14/h1-3,7,24-25H,4-5H2,(H,21,22)(H,23,26)/t7-/m1/s1. The van der Waals surface area contributed by atoms with Crippen molar-refractivity contribution in [3.05, 3.63) is 50.3 Å². The lowest BCUT2D eigenvalue weighted by Crippen LogP contribution is -2.30. The quantitative estimate of drug-likeness (QED) is 0.334. The molecule has 0 radical (unpaired) electrons. The Morgan fingerprint density at radius 3 is 2.56 bits per heavy atom. The second-order valence-corrected chi connectivity index (χ2v) is 6.81. The first-order valence-electron chi connectivity index (χ1n) is 7.21. The number of anilines is 2. The van der Waals surface area contributed by atoms with Gasteiger partial charge in [0, 0.05) is 0 Å². The molecular weight excluding hydrogens is 503 g/mol. The molecule has 1 aromatic carbocycles. The van der Waals surface area contributed by atoms with Gasteiger partial charge in [-0.2, -0.15) is 0 Å². The van der Waals surface area contributed by atoms with Crippen molar-refractivity contribution in [2.75, 3.05) is 18.5 Å². The number of nitrogens with one attached hydrogen (secondary N) is 2. The number of pyridine rings is 1. The fraction of sp³-hybridized carbons (Fsp3) is 0.200. The van der Waals surface area contributed by atoms with Crippen molar-refractivity contribution in [1.82, 2.24) is 10.5 Å². The lowest BCUT2D eigenvalue weighted by molar-refractivity contribution is -0.0295. The molecule has 2 aromatic rings. The number of hydroxylamine groups is 1. The molecule has 1 aromatic heterocycles. The molecule has 0 aliphatic heterocycles. The van der Waals surface area contributed by atoms with Gasteiger partial charge in [0.15, 0.2) is 11.6 Å². The molecule has 0 saturated carbocycles. The summed E-state index contributed by atoms with van der Waals surface area (Å²) in [4.78, 5) is 20.7. The first-order chi connectivity index (χ1) is 12.7. The molecule has 0 spiro atoms. The SMILES string of the molecule is O=C(NOC[C@H](O)CO)c1cc(Br)c(F)c(F)c1Nc1ncc(F)cc1Br. The Kier molecular flexibility index (Phi) is 7.56. The molecule has 0 unspecified atom stereocenters. The predicted molar refractivity (Wildman–Crippen MR) is 95.7 cm³/mol. The average molecular weight is 515 g/mol. The summed E-state index contributed by atoms with van der Waals surface area (Å²) in [5.41, 5.74) is 1.00. The first-order valence-corrected chi connectivity index (χ1v) is 8.79. The molecule has 2 rings (SSSR count). The molecule has 146 valence electrons. The van der Waals surface area contributed by atoms with E-state index in [0.29, 0.717) is 0 Å². The van der Waals surface area contributed by atoms with Gasteiger partial charge in [-0.25, -0.2) is 23.6 Å². The van der Waals surface area contributed by atoms with E-state index in [-0.39, 0.29) is 20.3 Å². The average Bonchev–Trinajstić information content (AvgIpc) is 2.63. The molecule has 7 nitrogen and oxygen atoms in total. The van der Waals surface area contributed by atoms with E-state index in [9.17, 15) is 18.0 Å². The van der Waals surface area contributed by atoms with Crippen LogP contribution in [0.4, 0.5) is 24.7 Å². The van der Waals surface area contributed by atoms with Gasteiger partial charge in [-0.05, 0) is 44.0 Å². The van der Waals surface area contributed by atoms with E-state index in [1.807, 2.05) is 5.48 Å². The van der Waals surface area contributed by atoms with Crippen LogP contribution in [0, 0.1) is 17.5 Å². The van der Waals surface area contributed by atoms with Crippen molar-refractivity contribution in [2.24, 2.45) is 0 Å². The lowest BCUT2D eigenvalue weighted by atomic mass is 10.1. The van der Waals surface area contributed by atoms with Crippen molar-refractivity contribution in [3.63, 3.8) is 0 Å². The summed E-state index contributed by atoms with van der Waals surface area (Å²) < 4.78 is 41.3. The molecule has 1 atom stereocenters. The van der Waals surface area contributed by atoms with Gasteiger partial charge >= 0.3 is 0 Å². The van der Waals surface area contributed by atoms with Crippen molar-refractivity contribution in [1.29, 1.82) is 0 Å². The van der Waals surface area contributed by atoms with Crippen LogP contribution in [0.1, 0.15) is 10.4 Å². The number of aromatic nitrogens is 1. The minimum absolute atomic E-state index is 0.0670. The van der Waals surface area contributed by atoms with Crippen molar-refractivity contribution in [3.8, 4) is 0 Å². The van der Waals surface area contributed by atoms with Crippen LogP contribution in [0.15, 0.2) is 27.3 Å². The number of nitrogens with zero attached hydrogens (tertiary/aromatic N) is 1. The molecule has 1 amide bonds. The van der Waals surface area contributed by atoms with Crippen LogP contribution in [0.3, 0.4) is 0 Å². The molecule has 0 saturated heterocycles. The maximum atomic E-state index is 14.4. The van der Waals surface area contributed by atoms with Crippen molar-refractivity contribution < 1.29 is 33.0 Å². The number of hydrogen-bond acceptors (Lipinski definition) is 6. The molecule has 0 aliphatic carbocycles. The van der Waals surface area contributed by atoms with Gasteiger partial charge in [-0.3, -0.25) is 9.63 Å². The van der Waals surface area contributed by atoms with Crippen LogP contribution >= 0.6 is 31.9 Å². The highest BCUT2D eigenvalue weighted by atomic mass is 79.9. The van der Waals surface area contributed by atoms with Gasteiger partial charge in [0.1, 0.15) is 24.3 Å². The molecule has 12 heteroatoms. The van der Waals surface area contributed by atoms with Crippen molar-refractivity contribution in [2.45, 2.75) is 6.10 Å². The Hall–Kier alpha value is -1.73. The van der Waals surface area contributed by atoms with Crippen LogP contribution in [-0.4, -0.2) is 40.4 Å². The maximum absolute atomic E-state index is 14.4. The number of carbonyl (C=O) groups is 1. The molecular formula is C15H12Br2F3N3O4. The topological polar surface area (TPSA) is 104 Å². The number of amides is 1. The lowest BCUT2D eigenvalue weighted by Gasteiger charge is -2.15. The first kappa shape index (κ1) is 21.6. The predicted octanol–water partition coefficient (Wildman–Crippen LogP) is 2.78. The minimum Gasteiger partial charge on any atom is -0.394 e. The third-order valence-corrected chi connectivity index (χ3v) is 4.29. The molecule has 4 N–H and O–H groups in total. The minimum atomic E-state index is -1.39. The largest absolute Gasteiger partial charge is 0.394 e. The fourth-order valence-electron chi connectivity index (χ4n) is 1.83. The zero-order valence-corrected chi connectivity index (χ0v) is 16.4. The summed E-state index contributed by atoms with van der Waals surface area (Å²) in [6.45, 7) is -1.02. The van der Waals surface area contributed by atoms with E-state index in [0.717, 1.165) is 18.3 Å². The highest BCUT2D eigenvalue weighted by Crippen LogP contribution is 2.32. The van der Waals surface area contributed by atoms with E-state index in [4.69, 9.17) is 15.1 Å². The zero-order chi connectivity index (χ0) is 20.1. The maximum Gasteiger partial charge on any atom is 0.277 e. The third-order valence-electron chi connectivity index (χ3n) is 3.11. The van der Waals surface area contributed by atoms with E-state index in [2.05, 4.69) is 42.2 Å². The Morgan fingerprint density at radius 1 is 1.22 bits per heavy atom. The van der Waals surface area contributed by atoms with Gasteiger partial charge in [0.05, 0.1) is 33.0 Å². The van der Waals surface area contributed by atoms with Gasteiger partial charge in [-0.15, -0.1) is 0 Å². The van der Waals surface area contributed by atoms with Gasteiger partial charge in [0.2, 0.25) is 0 Å². The number of rotatable bonds is 7. The summed E-state index contributed by atoms with van der Waals surface area (Å²) in [5, 5.41) is 20.3. The molecule has 27 heavy (non-hydrogen) atoms. The molecule has 0 fully saturated rings. The Morgan fingerprint density at radius 2 is 1.93 bits per heavy atom. The highest BCUT2D eigenvalue weighted by molar-refractivity contribution is 9.10. The van der Waals surface area contributed by atoms with Crippen LogP contribution in [0.25, 0.3) is 0 Å². The van der Waals surface area contributed by atoms with Gasteiger partial charge in [0.25, 0.3) is 5.91 Å². The van der Waals surface area contributed by atoms with Crippen LogP contribution in [0.2, 0.25) is 0 Å². The Labute approximate surface area is 167 Å². The monoisotopic (exact) mass is 513 g/mol. The fourth-order valence-corrected chi connectivity index (χ4v) is 2.66. The number of benzene rings is 1. The van der Waals surface area contributed by atoms with E-state index >= 15 is 0 Å². The molecule has 1 heterocycles. The third kappa shape index (κ3) is 5.39. The van der Waals surface area contributed by atoms with Crippen LogP contribution in [-0.2, 0) is 4.84 Å².